The number of nitrogens with zero attached hydrogens (tertiary/aromatic N) is 1. The molecule has 0 bridgehead atoms. The van der Waals surface area contributed by atoms with Crippen LogP contribution in [-0.4, -0.2) is 27.6 Å². The third-order valence-corrected chi connectivity index (χ3v) is 6.20. The molecule has 162 valence electrons. The maximum atomic E-state index is 12.5. The maximum absolute atomic E-state index is 12.5. The van der Waals surface area contributed by atoms with Gasteiger partial charge in [-0.15, -0.1) is 0 Å². The molecule has 3 aromatic rings. The number of ether oxygens (including phenoxy) is 2. The molecule has 31 heavy (non-hydrogen) atoms. The normalized spacial score (nSPS) is 13.2. The first kappa shape index (κ1) is 21.1. The lowest BCUT2D eigenvalue weighted by molar-refractivity contribution is -0.118. The third-order valence-electron chi connectivity index (χ3n) is 5.02. The predicted octanol–water partition coefficient (Wildman–Crippen LogP) is 3.51. The lowest BCUT2D eigenvalue weighted by atomic mass is 10.1. The number of aryl methyl sites for hydroxylation is 2. The Morgan fingerprint density at radius 3 is 2.61 bits per heavy atom. The molecule has 1 aliphatic heterocycles. The minimum Gasteiger partial charge on any atom is -0.454 e. The molecule has 0 saturated carbocycles. The lowest BCUT2D eigenvalue weighted by Crippen LogP contribution is -2.28. The van der Waals surface area contributed by atoms with Crippen molar-refractivity contribution in [2.45, 2.75) is 32.6 Å². The molecule has 4 rings (SSSR count). The summed E-state index contributed by atoms with van der Waals surface area (Å²) in [6.07, 6.45) is 0.964. The van der Waals surface area contributed by atoms with Gasteiger partial charge < -0.3 is 19.2 Å². The van der Waals surface area contributed by atoms with E-state index in [1.807, 2.05) is 42.5 Å². The van der Waals surface area contributed by atoms with Crippen molar-refractivity contribution in [2.75, 3.05) is 12.5 Å². The molecule has 7 nitrogen and oxygen atoms in total. The standard InChI is InChI=1S/C23H24N2O5S/c1-3-16-4-7-18(8-5-16)23-25-19(15(2)30-23)12-31(27)13-22(26)24-11-17-6-9-20-21(10-17)29-14-28-20/h4-10H,3,11-14H2,1-2H3,(H,24,26)/t31-/m0/s1. The van der Waals surface area contributed by atoms with E-state index in [1.54, 1.807) is 6.92 Å². The number of oxazole rings is 1. The SMILES string of the molecule is CCc1ccc(-c2nc(C[S@](=O)CC(=O)NCc3ccc4c(c3)OCO4)c(C)o2)cc1. The summed E-state index contributed by atoms with van der Waals surface area (Å²) in [5.74, 6) is 2.25. The van der Waals surface area contributed by atoms with E-state index in [2.05, 4.69) is 17.2 Å². The lowest BCUT2D eigenvalue weighted by Gasteiger charge is -2.06. The minimum atomic E-state index is -1.40. The highest BCUT2D eigenvalue weighted by Crippen LogP contribution is 2.32. The van der Waals surface area contributed by atoms with Gasteiger partial charge in [0.05, 0.1) is 11.4 Å². The molecule has 0 saturated heterocycles. The van der Waals surface area contributed by atoms with Crippen molar-refractivity contribution in [2.24, 2.45) is 0 Å². The Labute approximate surface area is 183 Å². The van der Waals surface area contributed by atoms with Gasteiger partial charge in [-0.05, 0) is 48.7 Å². The van der Waals surface area contributed by atoms with Crippen LogP contribution in [0.25, 0.3) is 11.5 Å². The predicted molar refractivity (Wildman–Crippen MR) is 117 cm³/mol. The van der Waals surface area contributed by atoms with Crippen molar-refractivity contribution in [1.82, 2.24) is 10.3 Å². The number of nitrogens with one attached hydrogen (secondary N) is 1. The number of aromatic nitrogens is 1. The van der Waals surface area contributed by atoms with Gasteiger partial charge in [0, 0.05) is 22.9 Å². The first-order chi connectivity index (χ1) is 15.0. The Morgan fingerprint density at radius 2 is 1.84 bits per heavy atom. The van der Waals surface area contributed by atoms with Crippen molar-refractivity contribution in [3.63, 3.8) is 0 Å². The van der Waals surface area contributed by atoms with Gasteiger partial charge in [0.1, 0.15) is 11.5 Å². The van der Waals surface area contributed by atoms with Gasteiger partial charge in [-0.25, -0.2) is 4.98 Å². The molecule has 0 radical (unpaired) electrons. The van der Waals surface area contributed by atoms with Gasteiger partial charge in [-0.3, -0.25) is 9.00 Å². The molecule has 0 fully saturated rings. The molecule has 8 heteroatoms. The van der Waals surface area contributed by atoms with Crippen LogP contribution in [0.3, 0.4) is 0 Å². The fourth-order valence-electron chi connectivity index (χ4n) is 3.22. The minimum absolute atomic E-state index is 0.0998. The average molecular weight is 441 g/mol. The van der Waals surface area contributed by atoms with Crippen molar-refractivity contribution >= 4 is 16.7 Å². The third kappa shape index (κ3) is 5.14. The van der Waals surface area contributed by atoms with Crippen LogP contribution in [-0.2, 0) is 34.3 Å². The van der Waals surface area contributed by atoms with E-state index in [0.29, 0.717) is 35.4 Å². The number of rotatable bonds is 8. The maximum Gasteiger partial charge on any atom is 0.232 e. The summed E-state index contributed by atoms with van der Waals surface area (Å²) in [7, 11) is -1.40. The van der Waals surface area contributed by atoms with E-state index in [9.17, 15) is 9.00 Å². The zero-order valence-electron chi connectivity index (χ0n) is 17.5. The smallest absolute Gasteiger partial charge is 0.232 e. The van der Waals surface area contributed by atoms with Gasteiger partial charge in [0.25, 0.3) is 0 Å². The second-order valence-electron chi connectivity index (χ2n) is 7.27. The Hall–Kier alpha value is -3.13. The van der Waals surface area contributed by atoms with Gasteiger partial charge in [0.15, 0.2) is 11.5 Å². The number of benzene rings is 2. The van der Waals surface area contributed by atoms with Crippen LogP contribution < -0.4 is 14.8 Å². The molecule has 1 N–H and O–H groups in total. The zero-order chi connectivity index (χ0) is 21.8. The van der Waals surface area contributed by atoms with Crippen LogP contribution in [0.1, 0.15) is 29.5 Å². The van der Waals surface area contributed by atoms with Crippen molar-refractivity contribution in [1.29, 1.82) is 0 Å². The van der Waals surface area contributed by atoms with Crippen LogP contribution >= 0.6 is 0 Å². The van der Waals surface area contributed by atoms with Crippen molar-refractivity contribution in [3.05, 3.63) is 65.0 Å². The summed E-state index contributed by atoms with van der Waals surface area (Å²) in [5.41, 5.74) is 3.60. The number of fused-ring (bicyclic) bond motifs is 1. The summed E-state index contributed by atoms with van der Waals surface area (Å²) < 4.78 is 28.9. The molecule has 2 heterocycles. The summed E-state index contributed by atoms with van der Waals surface area (Å²) >= 11 is 0. The van der Waals surface area contributed by atoms with Gasteiger partial charge in [-0.2, -0.15) is 0 Å². The molecular formula is C23H24N2O5S. The van der Waals surface area contributed by atoms with Crippen LogP contribution in [0.15, 0.2) is 46.9 Å². The molecule has 0 spiro atoms. The van der Waals surface area contributed by atoms with Crippen LogP contribution in [0, 0.1) is 6.92 Å². The molecule has 2 aromatic carbocycles. The second kappa shape index (κ2) is 9.34. The average Bonchev–Trinajstić information content (AvgIpc) is 3.38. The molecule has 1 aromatic heterocycles. The van der Waals surface area contributed by atoms with Gasteiger partial charge in [-0.1, -0.05) is 25.1 Å². The van der Waals surface area contributed by atoms with Gasteiger partial charge in [0.2, 0.25) is 18.6 Å². The van der Waals surface area contributed by atoms with E-state index >= 15 is 0 Å². The highest BCUT2D eigenvalue weighted by atomic mass is 32.2. The van der Waals surface area contributed by atoms with Gasteiger partial charge >= 0.3 is 0 Å². The molecule has 1 aliphatic rings. The molecular weight excluding hydrogens is 416 g/mol. The monoisotopic (exact) mass is 440 g/mol. The first-order valence-corrected chi connectivity index (χ1v) is 11.6. The quantitative estimate of drug-likeness (QED) is 0.577. The Kier molecular flexibility index (Phi) is 6.36. The Balaban J connectivity index is 1.31. The fourth-order valence-corrected chi connectivity index (χ4v) is 4.29. The second-order valence-corrected chi connectivity index (χ2v) is 8.72. The van der Waals surface area contributed by atoms with Crippen LogP contribution in [0.4, 0.5) is 0 Å². The summed E-state index contributed by atoms with van der Waals surface area (Å²) in [4.78, 5) is 16.7. The zero-order valence-corrected chi connectivity index (χ0v) is 18.3. The van der Waals surface area contributed by atoms with E-state index in [1.165, 1.54) is 5.56 Å². The van der Waals surface area contributed by atoms with Crippen molar-refractivity contribution < 1.29 is 22.9 Å². The molecule has 1 atom stereocenters. The molecule has 0 unspecified atom stereocenters. The number of carbonyl (C=O) groups is 1. The van der Waals surface area contributed by atoms with E-state index in [-0.39, 0.29) is 24.2 Å². The van der Waals surface area contributed by atoms with Crippen LogP contribution in [0.2, 0.25) is 0 Å². The molecule has 0 aliphatic carbocycles. The number of amides is 1. The Bertz CT molecular complexity index is 1110. The highest BCUT2D eigenvalue weighted by Gasteiger charge is 2.17. The van der Waals surface area contributed by atoms with E-state index in [0.717, 1.165) is 17.5 Å². The summed E-state index contributed by atoms with van der Waals surface area (Å²) in [6, 6.07) is 13.5. The number of hydrogen-bond acceptors (Lipinski definition) is 6. The summed E-state index contributed by atoms with van der Waals surface area (Å²) in [6.45, 7) is 4.43. The first-order valence-electron chi connectivity index (χ1n) is 10.1. The Morgan fingerprint density at radius 1 is 1.10 bits per heavy atom. The van der Waals surface area contributed by atoms with Crippen molar-refractivity contribution in [3.8, 4) is 23.0 Å². The number of carbonyl (C=O) groups excluding carboxylic acids is 1. The van der Waals surface area contributed by atoms with E-state index < -0.39 is 10.8 Å². The summed E-state index contributed by atoms with van der Waals surface area (Å²) in [5, 5.41) is 2.79. The topological polar surface area (TPSA) is 90.7 Å². The fraction of sp³-hybridized carbons (Fsp3) is 0.304. The van der Waals surface area contributed by atoms with E-state index in [4.69, 9.17) is 13.9 Å². The largest absolute Gasteiger partial charge is 0.454 e. The highest BCUT2D eigenvalue weighted by molar-refractivity contribution is 7.84. The van der Waals surface area contributed by atoms with Crippen LogP contribution in [0.5, 0.6) is 11.5 Å². The number of hydrogen-bond donors (Lipinski definition) is 1. The molecule has 1 amide bonds.